The van der Waals surface area contributed by atoms with E-state index in [-0.39, 0.29) is 0 Å². The van der Waals surface area contributed by atoms with Crippen LogP contribution in [0.2, 0.25) is 0 Å². The molecule has 1 aromatic carbocycles. The highest BCUT2D eigenvalue weighted by Gasteiger charge is 2.40. The number of aryl methyl sites for hydroxylation is 1. The van der Waals surface area contributed by atoms with Crippen LogP contribution in [0, 0.1) is 17.8 Å². The fraction of sp³-hybridized carbons (Fsp3) is 0.684. The highest BCUT2D eigenvalue weighted by molar-refractivity contribution is 5.26. The molecule has 1 N–H and O–H groups in total. The summed E-state index contributed by atoms with van der Waals surface area (Å²) in [5, 5.41) is 3.74. The maximum atomic E-state index is 3.74. The zero-order valence-electron chi connectivity index (χ0n) is 13.1. The summed E-state index contributed by atoms with van der Waals surface area (Å²) < 4.78 is 0. The van der Waals surface area contributed by atoms with Crippen molar-refractivity contribution in [3.63, 3.8) is 0 Å². The van der Waals surface area contributed by atoms with Gasteiger partial charge in [-0.05, 0) is 67.5 Å². The highest BCUT2D eigenvalue weighted by atomic mass is 14.9. The standard InChI is InChI=1S/C19H29N/c1-3-14-6-5-7-17(10-14)19(20-4-2)13-18-12-15-8-9-16(18)11-15/h5-7,10,15-16,18-20H,3-4,8-9,11-13H2,1-2H3. The van der Waals surface area contributed by atoms with Gasteiger partial charge >= 0.3 is 0 Å². The van der Waals surface area contributed by atoms with Crippen LogP contribution in [0.25, 0.3) is 0 Å². The quantitative estimate of drug-likeness (QED) is 0.789. The summed E-state index contributed by atoms with van der Waals surface area (Å²) in [5.41, 5.74) is 2.98. The van der Waals surface area contributed by atoms with Gasteiger partial charge in [0.05, 0.1) is 0 Å². The third-order valence-electron chi connectivity index (χ3n) is 5.64. The fourth-order valence-corrected chi connectivity index (χ4v) is 4.58. The van der Waals surface area contributed by atoms with E-state index in [2.05, 4.69) is 43.4 Å². The molecule has 3 rings (SSSR count). The van der Waals surface area contributed by atoms with Crippen molar-refractivity contribution < 1.29 is 0 Å². The van der Waals surface area contributed by atoms with Crippen molar-refractivity contribution in [3.05, 3.63) is 35.4 Å². The third-order valence-corrected chi connectivity index (χ3v) is 5.64. The average molecular weight is 271 g/mol. The molecule has 0 saturated heterocycles. The molecule has 110 valence electrons. The lowest BCUT2D eigenvalue weighted by atomic mass is 9.82. The maximum absolute atomic E-state index is 3.74. The Bertz CT molecular complexity index is 439. The smallest absolute Gasteiger partial charge is 0.0322 e. The zero-order valence-corrected chi connectivity index (χ0v) is 13.1. The molecule has 2 fully saturated rings. The van der Waals surface area contributed by atoms with E-state index in [1.165, 1.54) is 43.2 Å². The van der Waals surface area contributed by atoms with Gasteiger partial charge in [0, 0.05) is 6.04 Å². The number of fused-ring (bicyclic) bond motifs is 2. The van der Waals surface area contributed by atoms with Crippen LogP contribution in [0.5, 0.6) is 0 Å². The molecule has 0 amide bonds. The Morgan fingerprint density at radius 2 is 2.10 bits per heavy atom. The number of rotatable bonds is 6. The Morgan fingerprint density at radius 3 is 2.75 bits per heavy atom. The van der Waals surface area contributed by atoms with Gasteiger partial charge in [0.25, 0.3) is 0 Å². The first-order valence-corrected chi connectivity index (χ1v) is 8.62. The molecule has 2 saturated carbocycles. The minimum Gasteiger partial charge on any atom is -0.310 e. The number of benzene rings is 1. The van der Waals surface area contributed by atoms with Gasteiger partial charge in [0.2, 0.25) is 0 Å². The topological polar surface area (TPSA) is 12.0 Å². The first-order valence-electron chi connectivity index (χ1n) is 8.62. The van der Waals surface area contributed by atoms with Gasteiger partial charge in [-0.25, -0.2) is 0 Å². The second-order valence-electron chi connectivity index (χ2n) is 6.88. The molecule has 1 aromatic rings. The predicted octanol–water partition coefficient (Wildman–Crippen LogP) is 4.73. The van der Waals surface area contributed by atoms with E-state index < -0.39 is 0 Å². The van der Waals surface area contributed by atoms with Crippen molar-refractivity contribution >= 4 is 0 Å². The number of nitrogens with one attached hydrogen (secondary N) is 1. The van der Waals surface area contributed by atoms with Crippen molar-refractivity contribution in [3.8, 4) is 0 Å². The first-order chi connectivity index (χ1) is 9.80. The maximum Gasteiger partial charge on any atom is 0.0322 e. The Hall–Kier alpha value is -0.820. The van der Waals surface area contributed by atoms with Crippen molar-refractivity contribution in [1.29, 1.82) is 0 Å². The molecule has 0 aliphatic heterocycles. The highest BCUT2D eigenvalue weighted by Crippen LogP contribution is 2.50. The summed E-state index contributed by atoms with van der Waals surface area (Å²) >= 11 is 0. The van der Waals surface area contributed by atoms with Crippen molar-refractivity contribution in [2.75, 3.05) is 6.54 Å². The average Bonchev–Trinajstić information content (AvgIpc) is 3.09. The number of hydrogen-bond acceptors (Lipinski definition) is 1. The Kier molecular flexibility index (Phi) is 4.45. The molecular weight excluding hydrogens is 242 g/mol. The van der Waals surface area contributed by atoms with E-state index in [9.17, 15) is 0 Å². The second-order valence-corrected chi connectivity index (χ2v) is 6.88. The van der Waals surface area contributed by atoms with Gasteiger partial charge in [-0.3, -0.25) is 0 Å². The Balaban J connectivity index is 1.71. The lowest BCUT2D eigenvalue weighted by molar-refractivity contribution is 0.280. The van der Waals surface area contributed by atoms with Gasteiger partial charge in [0.15, 0.2) is 0 Å². The van der Waals surface area contributed by atoms with E-state index in [4.69, 9.17) is 0 Å². The van der Waals surface area contributed by atoms with E-state index in [1.807, 2.05) is 0 Å². The summed E-state index contributed by atoms with van der Waals surface area (Å²) in [7, 11) is 0. The minimum atomic E-state index is 0.566. The van der Waals surface area contributed by atoms with Gasteiger partial charge < -0.3 is 5.32 Å². The molecule has 4 atom stereocenters. The molecule has 1 nitrogen and oxygen atoms in total. The van der Waals surface area contributed by atoms with Crippen LogP contribution in [0.3, 0.4) is 0 Å². The Labute approximate surface area is 124 Å². The summed E-state index contributed by atoms with van der Waals surface area (Å²) in [6.07, 6.45) is 8.53. The molecule has 2 aliphatic carbocycles. The van der Waals surface area contributed by atoms with E-state index in [1.54, 1.807) is 0 Å². The van der Waals surface area contributed by atoms with Crippen LogP contribution in [0.1, 0.15) is 63.1 Å². The molecular formula is C19H29N. The molecule has 2 bridgehead atoms. The molecule has 2 aliphatic rings. The SMILES string of the molecule is CCNC(CC1CC2CCC1C2)c1cccc(CC)c1. The van der Waals surface area contributed by atoms with E-state index in [0.29, 0.717) is 6.04 Å². The van der Waals surface area contributed by atoms with Gasteiger partial charge in [-0.15, -0.1) is 0 Å². The first kappa shape index (κ1) is 14.1. The predicted molar refractivity (Wildman–Crippen MR) is 85.8 cm³/mol. The largest absolute Gasteiger partial charge is 0.310 e. The molecule has 20 heavy (non-hydrogen) atoms. The van der Waals surface area contributed by atoms with Gasteiger partial charge in [0.1, 0.15) is 0 Å². The van der Waals surface area contributed by atoms with Gasteiger partial charge in [-0.1, -0.05) is 44.5 Å². The van der Waals surface area contributed by atoms with Gasteiger partial charge in [-0.2, -0.15) is 0 Å². The van der Waals surface area contributed by atoms with E-state index in [0.717, 1.165) is 30.7 Å². The summed E-state index contributed by atoms with van der Waals surface area (Å²) in [4.78, 5) is 0. The lowest BCUT2D eigenvalue weighted by Crippen LogP contribution is -2.25. The lowest BCUT2D eigenvalue weighted by Gasteiger charge is -2.27. The van der Waals surface area contributed by atoms with E-state index >= 15 is 0 Å². The van der Waals surface area contributed by atoms with Crippen LogP contribution < -0.4 is 5.32 Å². The monoisotopic (exact) mass is 271 g/mol. The molecule has 0 spiro atoms. The molecule has 1 heteroatoms. The second kappa shape index (κ2) is 6.30. The van der Waals surface area contributed by atoms with Crippen molar-refractivity contribution in [2.45, 2.75) is 58.4 Å². The van der Waals surface area contributed by atoms with Crippen LogP contribution in [-0.4, -0.2) is 6.54 Å². The minimum absolute atomic E-state index is 0.566. The van der Waals surface area contributed by atoms with Crippen LogP contribution >= 0.6 is 0 Å². The number of hydrogen-bond donors (Lipinski definition) is 1. The zero-order chi connectivity index (χ0) is 13.9. The normalized spacial score (nSPS) is 29.8. The fourth-order valence-electron chi connectivity index (χ4n) is 4.58. The molecule has 0 radical (unpaired) electrons. The summed E-state index contributed by atoms with van der Waals surface area (Å²) in [6.45, 7) is 5.55. The molecule has 0 aromatic heterocycles. The van der Waals surface area contributed by atoms with Crippen LogP contribution in [0.4, 0.5) is 0 Å². The molecule has 0 heterocycles. The Morgan fingerprint density at radius 1 is 1.20 bits per heavy atom. The van der Waals surface area contributed by atoms with Crippen LogP contribution in [0.15, 0.2) is 24.3 Å². The summed E-state index contributed by atoms with van der Waals surface area (Å²) in [5.74, 6) is 3.08. The third kappa shape index (κ3) is 2.93. The summed E-state index contributed by atoms with van der Waals surface area (Å²) in [6, 6.07) is 9.79. The van der Waals surface area contributed by atoms with Crippen molar-refractivity contribution in [1.82, 2.24) is 5.32 Å². The van der Waals surface area contributed by atoms with Crippen molar-refractivity contribution in [2.24, 2.45) is 17.8 Å². The molecule has 4 unspecified atom stereocenters. The van der Waals surface area contributed by atoms with Crippen LogP contribution in [-0.2, 0) is 6.42 Å².